The van der Waals surface area contributed by atoms with Gasteiger partial charge in [-0.25, -0.2) is 9.97 Å². The Morgan fingerprint density at radius 1 is 1.33 bits per heavy atom. The molecular weight excluding hydrogens is 342 g/mol. The fourth-order valence-electron chi connectivity index (χ4n) is 3.96. The van der Waals surface area contributed by atoms with E-state index < -0.39 is 0 Å². The highest BCUT2D eigenvalue weighted by molar-refractivity contribution is 5.85. The van der Waals surface area contributed by atoms with Crippen molar-refractivity contribution in [2.75, 3.05) is 32.5 Å². The largest absolute Gasteiger partial charge is 0.493 e. The first-order chi connectivity index (χ1) is 13.1. The third-order valence-corrected chi connectivity index (χ3v) is 5.47. The summed E-state index contributed by atoms with van der Waals surface area (Å²) < 4.78 is 5.70. The van der Waals surface area contributed by atoms with Gasteiger partial charge in [-0.3, -0.25) is 9.69 Å². The maximum Gasteiger partial charge on any atom is 0.230 e. The van der Waals surface area contributed by atoms with Crippen molar-refractivity contribution in [1.82, 2.24) is 19.8 Å². The van der Waals surface area contributed by atoms with Crippen LogP contribution in [0.3, 0.4) is 0 Å². The quantitative estimate of drug-likeness (QED) is 0.885. The molecule has 0 bridgehead atoms. The summed E-state index contributed by atoms with van der Waals surface area (Å²) in [5.74, 6) is 2.14. The highest BCUT2D eigenvalue weighted by Crippen LogP contribution is 2.35. The lowest BCUT2D eigenvalue weighted by atomic mass is 9.92. The van der Waals surface area contributed by atoms with Gasteiger partial charge in [-0.1, -0.05) is 18.2 Å². The predicted octanol–water partition coefficient (Wildman–Crippen LogP) is 1.66. The smallest absolute Gasteiger partial charge is 0.230 e. The number of anilines is 1. The van der Waals surface area contributed by atoms with Crippen LogP contribution < -0.4 is 10.5 Å². The van der Waals surface area contributed by atoms with Gasteiger partial charge in [-0.15, -0.1) is 0 Å². The van der Waals surface area contributed by atoms with Gasteiger partial charge in [0, 0.05) is 30.9 Å². The summed E-state index contributed by atoms with van der Waals surface area (Å²) in [4.78, 5) is 25.9. The van der Waals surface area contributed by atoms with Gasteiger partial charge >= 0.3 is 0 Å². The number of likely N-dealkylation sites (tertiary alicyclic amines) is 1. The van der Waals surface area contributed by atoms with Gasteiger partial charge in [-0.05, 0) is 32.0 Å². The maximum atomic E-state index is 13.1. The number of para-hydroxylation sites is 1. The van der Waals surface area contributed by atoms with E-state index in [1.54, 1.807) is 12.3 Å². The van der Waals surface area contributed by atoms with E-state index in [1.165, 1.54) is 0 Å². The number of aromatic nitrogens is 2. The van der Waals surface area contributed by atoms with Crippen LogP contribution in [0, 0.1) is 0 Å². The Bertz CT molecular complexity index is 828. The van der Waals surface area contributed by atoms with Crippen molar-refractivity contribution in [3.8, 4) is 5.75 Å². The molecule has 2 unspecified atom stereocenters. The number of likely N-dealkylation sites (N-methyl/N-ethyl adjacent to an activating group) is 1. The minimum absolute atomic E-state index is 0.101. The molecule has 27 heavy (non-hydrogen) atoms. The van der Waals surface area contributed by atoms with Crippen LogP contribution in [0.15, 0.2) is 36.5 Å². The second-order valence-corrected chi connectivity index (χ2v) is 7.27. The first-order valence-electron chi connectivity index (χ1n) is 9.40. The summed E-state index contributed by atoms with van der Waals surface area (Å²) in [6.45, 7) is 2.73. The maximum absolute atomic E-state index is 13.1. The number of benzene rings is 1. The molecule has 0 spiro atoms. The first kappa shape index (κ1) is 17.7. The van der Waals surface area contributed by atoms with Gasteiger partial charge in [0.2, 0.25) is 5.91 Å². The Kier molecular flexibility index (Phi) is 4.94. The molecule has 1 saturated heterocycles. The van der Waals surface area contributed by atoms with E-state index in [-0.39, 0.29) is 11.8 Å². The van der Waals surface area contributed by atoms with Crippen molar-refractivity contribution in [3.63, 3.8) is 0 Å². The van der Waals surface area contributed by atoms with Crippen molar-refractivity contribution in [1.29, 1.82) is 0 Å². The number of ether oxygens (including phenoxy) is 1. The van der Waals surface area contributed by atoms with Crippen LogP contribution in [-0.4, -0.2) is 58.5 Å². The first-order valence-corrected chi connectivity index (χ1v) is 9.40. The number of amides is 1. The van der Waals surface area contributed by atoms with Crippen molar-refractivity contribution in [2.24, 2.45) is 0 Å². The van der Waals surface area contributed by atoms with Gasteiger partial charge in [0.05, 0.1) is 19.1 Å². The molecule has 0 saturated carbocycles. The molecule has 2 aliphatic heterocycles. The van der Waals surface area contributed by atoms with Crippen LogP contribution in [0.1, 0.15) is 30.1 Å². The molecule has 2 N–H and O–H groups in total. The standard InChI is InChI=1S/C20H25N5O2/c1-24(13-19-22-9-6-18(21)23-19)14-7-10-25(12-14)20(26)16-8-11-27-17-5-3-2-4-15(16)17/h2-6,9,14,16H,7-8,10-13H2,1H3,(H2,21,22,23). The Labute approximate surface area is 159 Å². The van der Waals surface area contributed by atoms with Gasteiger partial charge < -0.3 is 15.4 Å². The number of hydrogen-bond acceptors (Lipinski definition) is 6. The van der Waals surface area contributed by atoms with Crippen molar-refractivity contribution in [2.45, 2.75) is 31.3 Å². The van der Waals surface area contributed by atoms with Crippen molar-refractivity contribution < 1.29 is 9.53 Å². The van der Waals surface area contributed by atoms with Crippen LogP contribution in [0.4, 0.5) is 5.82 Å². The van der Waals surface area contributed by atoms with Crippen LogP contribution in [0.5, 0.6) is 5.75 Å². The molecular formula is C20H25N5O2. The molecule has 0 aliphatic carbocycles. The van der Waals surface area contributed by atoms with Crippen LogP contribution in [0.2, 0.25) is 0 Å². The molecule has 1 aromatic carbocycles. The molecule has 0 radical (unpaired) electrons. The van der Waals surface area contributed by atoms with E-state index >= 15 is 0 Å². The number of carbonyl (C=O) groups is 1. The average Bonchev–Trinajstić information content (AvgIpc) is 3.17. The lowest BCUT2D eigenvalue weighted by molar-refractivity contribution is -0.132. The Hall–Kier alpha value is -2.67. The number of hydrogen-bond donors (Lipinski definition) is 1. The van der Waals surface area contributed by atoms with Gasteiger partial charge in [-0.2, -0.15) is 0 Å². The Morgan fingerprint density at radius 3 is 3.04 bits per heavy atom. The van der Waals surface area contributed by atoms with E-state index in [4.69, 9.17) is 10.5 Å². The van der Waals surface area contributed by atoms with E-state index in [0.717, 1.165) is 37.2 Å². The highest BCUT2D eigenvalue weighted by atomic mass is 16.5. The van der Waals surface area contributed by atoms with E-state index in [0.29, 0.717) is 30.8 Å². The number of nitrogens with two attached hydrogens (primary N) is 1. The van der Waals surface area contributed by atoms with Crippen LogP contribution in [0.25, 0.3) is 0 Å². The minimum atomic E-state index is -0.101. The molecule has 1 amide bonds. The number of carbonyl (C=O) groups excluding carboxylic acids is 1. The fourth-order valence-corrected chi connectivity index (χ4v) is 3.96. The van der Waals surface area contributed by atoms with Gasteiger partial charge in [0.25, 0.3) is 0 Å². The summed E-state index contributed by atoms with van der Waals surface area (Å²) >= 11 is 0. The molecule has 2 atom stereocenters. The molecule has 2 aliphatic rings. The van der Waals surface area contributed by atoms with Gasteiger partial charge in [0.15, 0.2) is 0 Å². The zero-order chi connectivity index (χ0) is 18.8. The fraction of sp³-hybridized carbons (Fsp3) is 0.450. The molecule has 7 heteroatoms. The molecule has 4 rings (SSSR count). The van der Waals surface area contributed by atoms with E-state index in [1.807, 2.05) is 29.2 Å². The topological polar surface area (TPSA) is 84.6 Å². The third-order valence-electron chi connectivity index (χ3n) is 5.47. The summed E-state index contributed by atoms with van der Waals surface area (Å²) in [6, 6.07) is 9.86. The third kappa shape index (κ3) is 3.73. The summed E-state index contributed by atoms with van der Waals surface area (Å²) in [5, 5.41) is 0. The summed E-state index contributed by atoms with van der Waals surface area (Å²) in [5.41, 5.74) is 6.75. The second-order valence-electron chi connectivity index (χ2n) is 7.27. The minimum Gasteiger partial charge on any atom is -0.493 e. The summed E-state index contributed by atoms with van der Waals surface area (Å²) in [7, 11) is 2.05. The molecule has 1 aromatic heterocycles. The Morgan fingerprint density at radius 2 is 2.19 bits per heavy atom. The number of nitrogen functional groups attached to an aromatic ring is 1. The molecule has 2 aromatic rings. The lowest BCUT2D eigenvalue weighted by Crippen LogP contribution is -2.39. The number of rotatable bonds is 4. The molecule has 7 nitrogen and oxygen atoms in total. The number of nitrogens with zero attached hydrogens (tertiary/aromatic N) is 4. The zero-order valence-electron chi connectivity index (χ0n) is 15.5. The van der Waals surface area contributed by atoms with E-state index in [2.05, 4.69) is 21.9 Å². The second kappa shape index (κ2) is 7.52. The van der Waals surface area contributed by atoms with Crippen LogP contribution >= 0.6 is 0 Å². The van der Waals surface area contributed by atoms with Crippen molar-refractivity contribution >= 4 is 11.7 Å². The molecule has 142 valence electrons. The Balaban J connectivity index is 1.40. The molecule has 1 fully saturated rings. The highest BCUT2D eigenvalue weighted by Gasteiger charge is 2.35. The zero-order valence-corrected chi connectivity index (χ0v) is 15.5. The predicted molar refractivity (Wildman–Crippen MR) is 102 cm³/mol. The number of fused-ring (bicyclic) bond motifs is 1. The van der Waals surface area contributed by atoms with Crippen LogP contribution in [-0.2, 0) is 11.3 Å². The monoisotopic (exact) mass is 367 g/mol. The summed E-state index contributed by atoms with van der Waals surface area (Å²) in [6.07, 6.45) is 3.37. The van der Waals surface area contributed by atoms with Gasteiger partial charge in [0.1, 0.15) is 17.4 Å². The van der Waals surface area contributed by atoms with Crippen molar-refractivity contribution in [3.05, 3.63) is 47.9 Å². The van der Waals surface area contributed by atoms with E-state index in [9.17, 15) is 4.79 Å². The SMILES string of the molecule is CN(Cc1nccc(N)n1)C1CCN(C(=O)C2CCOc3ccccc32)C1. The lowest BCUT2D eigenvalue weighted by Gasteiger charge is -2.29. The average molecular weight is 367 g/mol. The molecule has 3 heterocycles. The normalized spacial score (nSPS) is 21.8.